The number of carbonyl (C=O) groups excluding carboxylic acids is 1. The Morgan fingerprint density at radius 3 is 2.30 bits per heavy atom. The highest BCUT2D eigenvalue weighted by atomic mass is 32.1. The van der Waals surface area contributed by atoms with Crippen molar-refractivity contribution in [3.63, 3.8) is 0 Å². The molecule has 6 aromatic rings. The first-order valence-corrected chi connectivity index (χ1v) is 17.6. The number of allylic oxidation sites excluding steroid dienone is 3. The van der Waals surface area contributed by atoms with Gasteiger partial charge >= 0.3 is 0 Å². The van der Waals surface area contributed by atoms with Gasteiger partial charge in [0.15, 0.2) is 5.78 Å². The maximum atomic E-state index is 12.3. The van der Waals surface area contributed by atoms with E-state index in [9.17, 15) is 4.79 Å². The van der Waals surface area contributed by atoms with Crippen LogP contribution in [0.25, 0.3) is 38.0 Å². The van der Waals surface area contributed by atoms with E-state index < -0.39 is 0 Å². The number of rotatable bonds is 5. The van der Waals surface area contributed by atoms with Crippen LogP contribution >= 0.6 is 23.1 Å². The van der Waals surface area contributed by atoms with Crippen LogP contribution in [0.4, 0.5) is 17.1 Å². The normalized spacial score (nSPS) is 16.7. The van der Waals surface area contributed by atoms with Crippen molar-refractivity contribution < 1.29 is 4.79 Å². The highest BCUT2D eigenvalue weighted by Gasteiger charge is 2.37. The minimum atomic E-state index is -0.161. The number of carbonyl (C=O) groups is 1. The average Bonchev–Trinajstić information content (AvgIpc) is 3.75. The van der Waals surface area contributed by atoms with Crippen LogP contribution in [0.5, 0.6) is 0 Å². The standard InChI is InChI=1S/C41H35N3OS2/c1-40(2)24-26(22-30(45)25-40)14-15-27-16-18-31(39-38(27)42-47-43-39)37-21-20-36(46-37)28-17-19-35-33(23-28)41(3,4)32-12-8-9-13-34(32)44(35)29-10-6-5-7-11-29/h5-23H,24-25H2,1-4H3/b15-14+. The largest absolute Gasteiger partial charge is 0.310 e. The van der Waals surface area contributed by atoms with E-state index in [0.29, 0.717) is 6.42 Å². The van der Waals surface area contributed by atoms with Gasteiger partial charge in [0.05, 0.1) is 23.1 Å². The number of para-hydroxylation sites is 2. The lowest BCUT2D eigenvalue weighted by Crippen LogP contribution is -2.30. The van der Waals surface area contributed by atoms with Crippen LogP contribution < -0.4 is 4.90 Å². The van der Waals surface area contributed by atoms with Crippen molar-refractivity contribution in [3.05, 3.63) is 131 Å². The van der Waals surface area contributed by atoms with Gasteiger partial charge in [0.1, 0.15) is 11.0 Å². The minimum Gasteiger partial charge on any atom is -0.310 e. The number of ketones is 1. The van der Waals surface area contributed by atoms with Crippen molar-refractivity contribution in [2.45, 2.75) is 46.0 Å². The first-order valence-electron chi connectivity index (χ1n) is 16.0. The second-order valence-electron chi connectivity index (χ2n) is 13.9. The summed E-state index contributed by atoms with van der Waals surface area (Å²) in [6.07, 6.45) is 7.44. The molecule has 3 heterocycles. The van der Waals surface area contributed by atoms with Gasteiger partial charge in [-0.25, -0.2) is 0 Å². The van der Waals surface area contributed by atoms with Gasteiger partial charge in [-0.2, -0.15) is 8.75 Å². The summed E-state index contributed by atoms with van der Waals surface area (Å²) in [4.78, 5) is 17.1. The molecule has 1 aliphatic carbocycles. The molecular weight excluding hydrogens is 615 g/mol. The predicted molar refractivity (Wildman–Crippen MR) is 198 cm³/mol. The van der Waals surface area contributed by atoms with Crippen molar-refractivity contribution in [1.29, 1.82) is 0 Å². The zero-order valence-electron chi connectivity index (χ0n) is 27.0. The minimum absolute atomic E-state index is 0.0106. The molecular formula is C41H35N3OS2. The van der Waals surface area contributed by atoms with Crippen LogP contribution in [-0.4, -0.2) is 14.5 Å². The Morgan fingerprint density at radius 1 is 0.723 bits per heavy atom. The van der Waals surface area contributed by atoms with Crippen molar-refractivity contribution in [2.75, 3.05) is 4.90 Å². The third-order valence-corrected chi connectivity index (χ3v) is 11.2. The number of thiophene rings is 1. The lowest BCUT2D eigenvalue weighted by molar-refractivity contribution is -0.116. The summed E-state index contributed by atoms with van der Waals surface area (Å²) < 4.78 is 9.42. The summed E-state index contributed by atoms with van der Waals surface area (Å²) in [5.41, 5.74) is 12.3. The van der Waals surface area contributed by atoms with Crippen LogP contribution in [0.1, 0.15) is 57.2 Å². The third-order valence-electron chi connectivity index (χ3n) is 9.50. The first kappa shape index (κ1) is 29.7. The van der Waals surface area contributed by atoms with Gasteiger partial charge in [0, 0.05) is 38.4 Å². The number of benzene rings is 4. The molecule has 4 aromatic carbocycles. The van der Waals surface area contributed by atoms with Gasteiger partial charge in [0.2, 0.25) is 0 Å². The molecule has 0 saturated heterocycles. The molecule has 2 aliphatic rings. The van der Waals surface area contributed by atoms with E-state index in [-0.39, 0.29) is 16.6 Å². The van der Waals surface area contributed by atoms with Gasteiger partial charge in [-0.05, 0) is 82.6 Å². The predicted octanol–water partition coefficient (Wildman–Crippen LogP) is 11.5. The van der Waals surface area contributed by atoms with Gasteiger partial charge in [0.25, 0.3) is 0 Å². The maximum Gasteiger partial charge on any atom is 0.156 e. The highest BCUT2D eigenvalue weighted by Crippen LogP contribution is 2.53. The molecule has 0 N–H and O–H groups in total. The zero-order chi connectivity index (χ0) is 32.3. The maximum absolute atomic E-state index is 12.3. The number of fused-ring (bicyclic) bond motifs is 3. The Morgan fingerprint density at radius 2 is 1.47 bits per heavy atom. The van der Waals surface area contributed by atoms with Crippen LogP contribution in [0.2, 0.25) is 0 Å². The van der Waals surface area contributed by atoms with Crippen LogP contribution in [0, 0.1) is 5.41 Å². The van der Waals surface area contributed by atoms with E-state index in [1.807, 2.05) is 0 Å². The van der Waals surface area contributed by atoms with Crippen LogP contribution in [-0.2, 0) is 10.2 Å². The van der Waals surface area contributed by atoms with Crippen molar-refractivity contribution in [1.82, 2.24) is 8.75 Å². The van der Waals surface area contributed by atoms with E-state index in [4.69, 9.17) is 4.37 Å². The van der Waals surface area contributed by atoms with E-state index >= 15 is 0 Å². The quantitative estimate of drug-likeness (QED) is 0.186. The molecule has 6 heteroatoms. The number of aromatic nitrogens is 2. The van der Waals surface area contributed by atoms with Gasteiger partial charge in [-0.15, -0.1) is 11.3 Å². The molecule has 4 nitrogen and oxygen atoms in total. The molecule has 1 aliphatic heterocycles. The summed E-state index contributed by atoms with van der Waals surface area (Å²) in [7, 11) is 0. The molecule has 0 atom stereocenters. The summed E-state index contributed by atoms with van der Waals surface area (Å²) in [5, 5.41) is 0. The Balaban J connectivity index is 1.15. The molecule has 0 fully saturated rings. The molecule has 0 spiro atoms. The summed E-state index contributed by atoms with van der Waals surface area (Å²) in [6.45, 7) is 8.98. The summed E-state index contributed by atoms with van der Waals surface area (Å²) >= 11 is 3.04. The molecule has 0 saturated carbocycles. The average molecular weight is 650 g/mol. The lowest BCUT2D eigenvalue weighted by Gasteiger charge is -2.42. The van der Waals surface area contributed by atoms with Crippen molar-refractivity contribution in [2.24, 2.45) is 5.41 Å². The molecule has 0 unspecified atom stereocenters. The molecule has 0 amide bonds. The fourth-order valence-corrected chi connectivity index (χ4v) is 8.88. The van der Waals surface area contributed by atoms with Crippen molar-refractivity contribution >= 4 is 63.0 Å². The monoisotopic (exact) mass is 649 g/mol. The smallest absolute Gasteiger partial charge is 0.156 e. The molecule has 8 rings (SSSR count). The Kier molecular flexibility index (Phi) is 7.12. The Hall–Kier alpha value is -4.65. The number of hydrogen-bond acceptors (Lipinski definition) is 6. The lowest BCUT2D eigenvalue weighted by atomic mass is 9.73. The number of hydrogen-bond donors (Lipinski definition) is 0. The Labute approximate surface area is 284 Å². The van der Waals surface area contributed by atoms with Crippen LogP contribution in [0.15, 0.2) is 115 Å². The SMILES string of the molecule is CC1(C)CC(=O)C=C(/C=C/c2ccc(-c3ccc(-c4ccc5c(c4)C(C)(C)c4ccccc4N5c4ccccc4)s3)c3nsnc23)C1. The first-order chi connectivity index (χ1) is 22.7. The molecule has 0 bridgehead atoms. The number of nitrogens with zero attached hydrogens (tertiary/aromatic N) is 3. The second kappa shape index (κ2) is 11.3. The summed E-state index contributed by atoms with van der Waals surface area (Å²) in [6, 6.07) is 35.1. The fourth-order valence-electron chi connectivity index (χ4n) is 7.27. The van der Waals surface area contributed by atoms with E-state index in [2.05, 4.69) is 146 Å². The molecule has 0 radical (unpaired) electrons. The second-order valence-corrected chi connectivity index (χ2v) is 15.5. The highest BCUT2D eigenvalue weighted by molar-refractivity contribution is 7.19. The topological polar surface area (TPSA) is 46.1 Å². The van der Waals surface area contributed by atoms with E-state index in [1.54, 1.807) is 17.4 Å². The Bertz CT molecular complexity index is 2240. The van der Waals surface area contributed by atoms with E-state index in [0.717, 1.165) is 39.8 Å². The van der Waals surface area contributed by atoms with Gasteiger partial charge in [-0.3, -0.25) is 4.79 Å². The van der Waals surface area contributed by atoms with Gasteiger partial charge < -0.3 is 4.90 Å². The zero-order valence-corrected chi connectivity index (χ0v) is 28.6. The van der Waals surface area contributed by atoms with Gasteiger partial charge in [-0.1, -0.05) is 94.4 Å². The molecule has 47 heavy (non-hydrogen) atoms. The van der Waals surface area contributed by atoms with E-state index in [1.165, 1.54) is 49.5 Å². The number of anilines is 3. The fraction of sp³-hybridized carbons (Fsp3) is 0.195. The van der Waals surface area contributed by atoms with Crippen LogP contribution in [0.3, 0.4) is 0 Å². The molecule has 2 aromatic heterocycles. The third kappa shape index (κ3) is 5.26. The summed E-state index contributed by atoms with van der Waals surface area (Å²) in [5.74, 6) is 0.200. The molecule has 232 valence electrons. The van der Waals surface area contributed by atoms with Crippen molar-refractivity contribution in [3.8, 4) is 20.9 Å².